The number of nitrogens with zero attached hydrogens (tertiary/aromatic N) is 4. The van der Waals surface area contributed by atoms with Crippen LogP contribution in [0, 0.1) is 6.92 Å². The number of aliphatic imine (C=N–C) groups is 1. The molecule has 21 heavy (non-hydrogen) atoms. The van der Waals surface area contributed by atoms with Gasteiger partial charge < -0.3 is 15.2 Å². The Balaban J connectivity index is 0.00000220. The number of guanidine groups is 1. The summed E-state index contributed by atoms with van der Waals surface area (Å²) in [7, 11) is 1.78. The van der Waals surface area contributed by atoms with Gasteiger partial charge in [-0.2, -0.15) is 0 Å². The standard InChI is InChI=1S/C13H20N6S.HI/c1-11-8-17-12(20-11)9-18-13(14-2)16-4-3-6-19-7-5-15-10-19;/h5,7-8,10H,3-4,6,9H2,1-2H3,(H2,14,16,18);1H. The van der Waals surface area contributed by atoms with E-state index in [4.69, 9.17) is 0 Å². The van der Waals surface area contributed by atoms with Crippen molar-refractivity contribution in [2.24, 2.45) is 4.99 Å². The average Bonchev–Trinajstić information content (AvgIpc) is 3.09. The molecule has 0 bridgehead atoms. The highest BCUT2D eigenvalue weighted by molar-refractivity contribution is 14.0. The first-order valence-corrected chi connectivity index (χ1v) is 7.41. The van der Waals surface area contributed by atoms with Crippen molar-refractivity contribution in [3.05, 3.63) is 34.8 Å². The predicted molar refractivity (Wildman–Crippen MR) is 97.3 cm³/mol. The van der Waals surface area contributed by atoms with E-state index < -0.39 is 0 Å². The minimum absolute atomic E-state index is 0. The Labute approximate surface area is 146 Å². The number of aromatic nitrogens is 3. The van der Waals surface area contributed by atoms with Gasteiger partial charge in [0.05, 0.1) is 12.9 Å². The van der Waals surface area contributed by atoms with Crippen LogP contribution in [0.25, 0.3) is 0 Å². The van der Waals surface area contributed by atoms with Gasteiger partial charge in [-0.1, -0.05) is 0 Å². The molecule has 0 saturated carbocycles. The molecule has 2 aromatic heterocycles. The SMILES string of the molecule is CN=C(NCCCn1ccnc1)NCc1ncc(C)s1.I. The predicted octanol–water partition coefficient (Wildman–Crippen LogP) is 2.02. The third kappa shape index (κ3) is 6.42. The van der Waals surface area contributed by atoms with E-state index in [0.717, 1.165) is 30.5 Å². The van der Waals surface area contributed by atoms with Crippen molar-refractivity contribution in [3.63, 3.8) is 0 Å². The smallest absolute Gasteiger partial charge is 0.191 e. The Kier molecular flexibility index (Phi) is 8.28. The van der Waals surface area contributed by atoms with Crippen LogP contribution in [0.2, 0.25) is 0 Å². The quantitative estimate of drug-likeness (QED) is 0.325. The van der Waals surface area contributed by atoms with Gasteiger partial charge in [0.15, 0.2) is 5.96 Å². The Bertz CT molecular complexity index is 537. The topological polar surface area (TPSA) is 67.1 Å². The number of rotatable bonds is 6. The van der Waals surface area contributed by atoms with Crippen molar-refractivity contribution in [1.29, 1.82) is 0 Å². The van der Waals surface area contributed by atoms with E-state index in [-0.39, 0.29) is 24.0 Å². The van der Waals surface area contributed by atoms with E-state index in [1.807, 2.05) is 18.7 Å². The molecule has 0 spiro atoms. The highest BCUT2D eigenvalue weighted by Gasteiger charge is 2.01. The van der Waals surface area contributed by atoms with Gasteiger partial charge in [0.2, 0.25) is 0 Å². The second-order valence-corrected chi connectivity index (χ2v) is 5.69. The molecule has 0 aromatic carbocycles. The van der Waals surface area contributed by atoms with Gasteiger partial charge in [0.1, 0.15) is 5.01 Å². The van der Waals surface area contributed by atoms with Gasteiger partial charge in [-0.3, -0.25) is 4.99 Å². The van der Waals surface area contributed by atoms with Crippen molar-refractivity contribution >= 4 is 41.3 Å². The molecular formula is C13H21IN6S. The van der Waals surface area contributed by atoms with Crippen molar-refractivity contribution < 1.29 is 0 Å². The van der Waals surface area contributed by atoms with Gasteiger partial charge in [-0.15, -0.1) is 35.3 Å². The first-order chi connectivity index (χ1) is 9.78. The molecule has 8 heteroatoms. The molecule has 2 N–H and O–H groups in total. The Morgan fingerprint density at radius 3 is 2.90 bits per heavy atom. The summed E-state index contributed by atoms with van der Waals surface area (Å²) in [5.74, 6) is 0.809. The molecule has 2 rings (SSSR count). The normalized spacial score (nSPS) is 11.0. The first-order valence-electron chi connectivity index (χ1n) is 6.59. The lowest BCUT2D eigenvalue weighted by Crippen LogP contribution is -2.37. The van der Waals surface area contributed by atoms with Crippen molar-refractivity contribution in [2.45, 2.75) is 26.4 Å². The van der Waals surface area contributed by atoms with Crippen LogP contribution in [0.15, 0.2) is 29.9 Å². The van der Waals surface area contributed by atoms with Crippen LogP contribution in [0.5, 0.6) is 0 Å². The van der Waals surface area contributed by atoms with Crippen molar-refractivity contribution in [3.8, 4) is 0 Å². The van der Waals surface area contributed by atoms with Crippen LogP contribution in [-0.4, -0.2) is 34.1 Å². The highest BCUT2D eigenvalue weighted by atomic mass is 127. The average molecular weight is 420 g/mol. The third-order valence-corrected chi connectivity index (χ3v) is 3.66. The van der Waals surface area contributed by atoms with E-state index in [0.29, 0.717) is 6.54 Å². The summed E-state index contributed by atoms with van der Waals surface area (Å²) in [4.78, 5) is 13.8. The van der Waals surface area contributed by atoms with Crippen LogP contribution in [0.4, 0.5) is 0 Å². The number of imidazole rings is 1. The molecule has 0 atom stereocenters. The molecule has 0 unspecified atom stereocenters. The van der Waals surface area contributed by atoms with Crippen LogP contribution in [-0.2, 0) is 13.1 Å². The van der Waals surface area contributed by atoms with Crippen LogP contribution >= 0.6 is 35.3 Å². The number of hydrogen-bond acceptors (Lipinski definition) is 4. The Morgan fingerprint density at radius 1 is 1.43 bits per heavy atom. The molecule has 0 aliphatic carbocycles. The maximum Gasteiger partial charge on any atom is 0.191 e. The second kappa shape index (κ2) is 9.72. The van der Waals surface area contributed by atoms with Gasteiger partial charge in [-0.05, 0) is 13.3 Å². The molecule has 2 aromatic rings. The summed E-state index contributed by atoms with van der Waals surface area (Å²) in [6.07, 6.45) is 8.51. The highest BCUT2D eigenvalue weighted by Crippen LogP contribution is 2.10. The lowest BCUT2D eigenvalue weighted by atomic mass is 10.4. The van der Waals surface area contributed by atoms with Gasteiger partial charge in [0.25, 0.3) is 0 Å². The maximum absolute atomic E-state index is 4.32. The molecule has 0 amide bonds. The minimum Gasteiger partial charge on any atom is -0.356 e. The van der Waals surface area contributed by atoms with E-state index in [9.17, 15) is 0 Å². The lowest BCUT2D eigenvalue weighted by Gasteiger charge is -2.10. The monoisotopic (exact) mass is 420 g/mol. The first kappa shape index (κ1) is 17.9. The Hall–Kier alpha value is -1.16. The molecule has 0 saturated heterocycles. The summed E-state index contributed by atoms with van der Waals surface area (Å²) < 4.78 is 2.07. The van der Waals surface area contributed by atoms with Gasteiger partial charge >= 0.3 is 0 Å². The molecule has 0 aliphatic heterocycles. The van der Waals surface area contributed by atoms with Gasteiger partial charge in [0, 0.05) is 43.6 Å². The van der Waals surface area contributed by atoms with E-state index in [1.165, 1.54) is 4.88 Å². The van der Waals surface area contributed by atoms with E-state index >= 15 is 0 Å². The van der Waals surface area contributed by atoms with Crippen molar-refractivity contribution in [2.75, 3.05) is 13.6 Å². The maximum atomic E-state index is 4.32. The zero-order valence-corrected chi connectivity index (χ0v) is 15.4. The second-order valence-electron chi connectivity index (χ2n) is 4.37. The minimum atomic E-state index is 0. The van der Waals surface area contributed by atoms with E-state index in [1.54, 1.807) is 24.6 Å². The number of thiazole rings is 1. The van der Waals surface area contributed by atoms with Crippen molar-refractivity contribution in [1.82, 2.24) is 25.2 Å². The fraction of sp³-hybridized carbons (Fsp3) is 0.462. The summed E-state index contributed by atoms with van der Waals surface area (Å²) in [5.41, 5.74) is 0. The van der Waals surface area contributed by atoms with Crippen LogP contribution in [0.1, 0.15) is 16.3 Å². The summed E-state index contributed by atoms with van der Waals surface area (Å²) in [6.45, 7) is 4.59. The number of halogens is 1. The summed E-state index contributed by atoms with van der Waals surface area (Å²) in [6, 6.07) is 0. The fourth-order valence-electron chi connectivity index (χ4n) is 1.75. The molecule has 2 heterocycles. The lowest BCUT2D eigenvalue weighted by molar-refractivity contribution is 0.624. The zero-order chi connectivity index (χ0) is 14.2. The van der Waals surface area contributed by atoms with Crippen LogP contribution < -0.4 is 10.6 Å². The third-order valence-electron chi connectivity index (χ3n) is 2.74. The number of aryl methyl sites for hydroxylation is 2. The molecular weight excluding hydrogens is 399 g/mol. The Morgan fingerprint density at radius 2 is 2.29 bits per heavy atom. The largest absolute Gasteiger partial charge is 0.356 e. The van der Waals surface area contributed by atoms with Gasteiger partial charge in [-0.25, -0.2) is 9.97 Å². The molecule has 0 aliphatic rings. The molecule has 0 radical (unpaired) electrons. The summed E-state index contributed by atoms with van der Waals surface area (Å²) in [5, 5.41) is 7.62. The summed E-state index contributed by atoms with van der Waals surface area (Å²) >= 11 is 1.70. The number of hydrogen-bond donors (Lipinski definition) is 2. The fourth-order valence-corrected chi connectivity index (χ4v) is 2.48. The molecule has 6 nitrogen and oxygen atoms in total. The molecule has 0 fully saturated rings. The zero-order valence-electron chi connectivity index (χ0n) is 12.2. The van der Waals surface area contributed by atoms with Crippen LogP contribution in [0.3, 0.4) is 0 Å². The van der Waals surface area contributed by atoms with E-state index in [2.05, 4.69) is 37.1 Å². The molecule has 116 valence electrons. The number of nitrogens with one attached hydrogen (secondary N) is 2.